The van der Waals surface area contributed by atoms with E-state index in [-0.39, 0.29) is 22.6 Å². The summed E-state index contributed by atoms with van der Waals surface area (Å²) >= 11 is 0. The molecule has 0 radical (unpaired) electrons. The van der Waals surface area contributed by atoms with E-state index in [2.05, 4.69) is 51.8 Å². The lowest BCUT2D eigenvalue weighted by Gasteiger charge is -2.59. The van der Waals surface area contributed by atoms with Crippen molar-refractivity contribution in [1.29, 1.82) is 0 Å². The van der Waals surface area contributed by atoms with E-state index in [4.69, 9.17) is 28.5 Å². The molecule has 0 N–H and O–H groups in total. The maximum absolute atomic E-state index is 6.41. The zero-order chi connectivity index (χ0) is 23.7. The highest BCUT2D eigenvalue weighted by Crippen LogP contribution is 2.48. The summed E-state index contributed by atoms with van der Waals surface area (Å²) in [5, 5.41) is 2.16. The molecule has 0 saturated carbocycles. The summed E-state index contributed by atoms with van der Waals surface area (Å²) in [4.78, 5) is 6.40. The van der Waals surface area contributed by atoms with Gasteiger partial charge in [-0.1, -0.05) is 19.1 Å². The van der Waals surface area contributed by atoms with Crippen LogP contribution in [0.3, 0.4) is 0 Å². The second kappa shape index (κ2) is 9.44. The second-order valence-electron chi connectivity index (χ2n) is 11.5. The molecular weight excluding hydrogens is 422 g/mol. The van der Waals surface area contributed by atoms with Gasteiger partial charge in [0.25, 0.3) is 0 Å². The minimum absolute atomic E-state index is 0.103. The maximum Gasteiger partial charge on any atom is 0.171 e. The Morgan fingerprint density at radius 3 is 2.12 bits per heavy atom. The van der Waals surface area contributed by atoms with Gasteiger partial charge in [-0.05, 0) is 51.8 Å². The van der Waals surface area contributed by atoms with Crippen LogP contribution in [0.4, 0.5) is 0 Å². The summed E-state index contributed by atoms with van der Waals surface area (Å²) in [6.45, 7) is 15.0. The van der Waals surface area contributed by atoms with Crippen molar-refractivity contribution < 1.29 is 28.5 Å². The van der Waals surface area contributed by atoms with Gasteiger partial charge in [-0.2, -0.15) is 5.06 Å². The Morgan fingerprint density at radius 2 is 1.58 bits per heavy atom. The van der Waals surface area contributed by atoms with E-state index in [0.29, 0.717) is 33.0 Å². The number of hydrogen-bond donors (Lipinski definition) is 0. The number of ether oxygens (including phenoxy) is 5. The Kier molecular flexibility index (Phi) is 7.12. The molecule has 3 aliphatic rings. The molecule has 0 bridgehead atoms. The molecule has 33 heavy (non-hydrogen) atoms. The van der Waals surface area contributed by atoms with Crippen LogP contribution in [0.1, 0.15) is 53.0 Å². The number of epoxide rings is 1. The largest absolute Gasteiger partial charge is 0.491 e. The van der Waals surface area contributed by atoms with Crippen molar-refractivity contribution in [3.05, 3.63) is 29.8 Å². The number of hydrogen-bond acceptors (Lipinski definition) is 7. The van der Waals surface area contributed by atoms with E-state index in [1.807, 2.05) is 12.1 Å². The molecule has 0 amide bonds. The highest BCUT2D eigenvalue weighted by Gasteiger charge is 2.57. The third-order valence-corrected chi connectivity index (χ3v) is 6.74. The molecule has 3 aliphatic heterocycles. The molecule has 1 unspecified atom stereocenters. The van der Waals surface area contributed by atoms with Crippen molar-refractivity contribution in [1.82, 2.24) is 5.06 Å². The van der Waals surface area contributed by atoms with Gasteiger partial charge in [0.1, 0.15) is 18.5 Å². The standard InChI is InChI=1S/C26H41NO6/c1-23(2)15-26(31-18-25(5,17-28-6)19-32-26)16-24(3,4)27(23)33-12-11-20-7-9-21(10-8-20)29-13-22-14-30-22/h7-10,22H,11-19H2,1-6H3. The van der Waals surface area contributed by atoms with Crippen LogP contribution in [0.5, 0.6) is 5.75 Å². The molecule has 1 aromatic carbocycles. The van der Waals surface area contributed by atoms with Crippen LogP contribution in [0.25, 0.3) is 0 Å². The quantitative estimate of drug-likeness (QED) is 0.513. The van der Waals surface area contributed by atoms with E-state index < -0.39 is 5.79 Å². The van der Waals surface area contributed by atoms with Gasteiger partial charge >= 0.3 is 0 Å². The third kappa shape index (κ3) is 6.08. The van der Waals surface area contributed by atoms with Crippen molar-refractivity contribution in [2.24, 2.45) is 5.41 Å². The molecule has 1 spiro atoms. The molecular formula is C26H41NO6. The monoisotopic (exact) mass is 463 g/mol. The van der Waals surface area contributed by atoms with Crippen molar-refractivity contribution in [2.45, 2.75) is 76.9 Å². The smallest absolute Gasteiger partial charge is 0.171 e. The minimum Gasteiger partial charge on any atom is -0.491 e. The molecule has 7 heteroatoms. The predicted molar refractivity (Wildman–Crippen MR) is 125 cm³/mol. The van der Waals surface area contributed by atoms with Gasteiger partial charge < -0.3 is 23.7 Å². The summed E-state index contributed by atoms with van der Waals surface area (Å²) in [7, 11) is 1.73. The molecule has 3 fully saturated rings. The first-order chi connectivity index (χ1) is 15.5. The van der Waals surface area contributed by atoms with Crippen molar-refractivity contribution in [3.8, 4) is 5.75 Å². The van der Waals surface area contributed by atoms with Crippen LogP contribution in [-0.2, 0) is 30.2 Å². The number of methoxy groups -OCH3 is 1. The molecule has 186 valence electrons. The van der Waals surface area contributed by atoms with Gasteiger partial charge in [0.2, 0.25) is 0 Å². The normalized spacial score (nSPS) is 27.4. The van der Waals surface area contributed by atoms with E-state index in [1.165, 1.54) is 5.56 Å². The van der Waals surface area contributed by atoms with Crippen LogP contribution >= 0.6 is 0 Å². The van der Waals surface area contributed by atoms with Crippen molar-refractivity contribution in [2.75, 3.05) is 46.8 Å². The summed E-state index contributed by atoms with van der Waals surface area (Å²) in [6, 6.07) is 8.25. The SMILES string of the molecule is COCC1(C)COC2(CC(C)(C)N(OCCc3ccc(OCC4CO4)cc3)C(C)(C)C2)OC1. The predicted octanol–water partition coefficient (Wildman–Crippen LogP) is 3.99. The first kappa shape index (κ1) is 24.9. The number of nitrogens with zero attached hydrogens (tertiary/aromatic N) is 1. The minimum atomic E-state index is -0.582. The molecule has 3 heterocycles. The van der Waals surface area contributed by atoms with E-state index in [1.54, 1.807) is 7.11 Å². The topological polar surface area (TPSA) is 61.9 Å². The van der Waals surface area contributed by atoms with Gasteiger partial charge in [-0.25, -0.2) is 0 Å². The molecule has 7 nitrogen and oxygen atoms in total. The van der Waals surface area contributed by atoms with Gasteiger partial charge in [0.05, 0.1) is 33.0 Å². The molecule has 1 aromatic rings. The lowest BCUT2D eigenvalue weighted by molar-refractivity contribution is -0.382. The van der Waals surface area contributed by atoms with E-state index >= 15 is 0 Å². The second-order valence-corrected chi connectivity index (χ2v) is 11.5. The van der Waals surface area contributed by atoms with Crippen LogP contribution in [-0.4, -0.2) is 74.8 Å². The lowest BCUT2D eigenvalue weighted by Crippen LogP contribution is -2.68. The number of hydroxylamine groups is 2. The molecule has 0 aromatic heterocycles. The van der Waals surface area contributed by atoms with Gasteiger partial charge in [0.15, 0.2) is 5.79 Å². The summed E-state index contributed by atoms with van der Waals surface area (Å²) < 4.78 is 29.1. The van der Waals surface area contributed by atoms with Crippen molar-refractivity contribution >= 4 is 0 Å². The highest BCUT2D eigenvalue weighted by atomic mass is 16.7. The highest BCUT2D eigenvalue weighted by molar-refractivity contribution is 5.27. The summed E-state index contributed by atoms with van der Waals surface area (Å²) in [5.74, 6) is 0.300. The van der Waals surface area contributed by atoms with Gasteiger partial charge in [-0.15, -0.1) is 0 Å². The average Bonchev–Trinajstić information content (AvgIpc) is 3.56. The van der Waals surface area contributed by atoms with Crippen LogP contribution in [0, 0.1) is 5.41 Å². The number of benzene rings is 1. The molecule has 3 saturated heterocycles. The third-order valence-electron chi connectivity index (χ3n) is 6.74. The maximum atomic E-state index is 6.41. The Balaban J connectivity index is 1.31. The number of rotatable bonds is 9. The van der Waals surface area contributed by atoms with Crippen LogP contribution < -0.4 is 4.74 Å². The van der Waals surface area contributed by atoms with Crippen LogP contribution in [0.2, 0.25) is 0 Å². The van der Waals surface area contributed by atoms with Crippen molar-refractivity contribution in [3.63, 3.8) is 0 Å². The van der Waals surface area contributed by atoms with Gasteiger partial charge in [-0.3, -0.25) is 4.84 Å². The Morgan fingerprint density at radius 1 is 0.970 bits per heavy atom. The van der Waals surface area contributed by atoms with Gasteiger partial charge in [0, 0.05) is 36.4 Å². The molecule has 0 aliphatic carbocycles. The Labute approximate surface area is 198 Å². The first-order valence-corrected chi connectivity index (χ1v) is 12.1. The molecule has 4 rings (SSSR count). The zero-order valence-electron chi connectivity index (χ0n) is 21.1. The first-order valence-electron chi connectivity index (χ1n) is 12.1. The Bertz CT molecular complexity index is 760. The van der Waals surface area contributed by atoms with E-state index in [0.717, 1.165) is 31.6 Å². The Hall–Kier alpha value is -1.22. The fourth-order valence-electron chi connectivity index (χ4n) is 5.38. The number of piperidine rings is 1. The van der Waals surface area contributed by atoms with Crippen LogP contribution in [0.15, 0.2) is 24.3 Å². The summed E-state index contributed by atoms with van der Waals surface area (Å²) in [5.41, 5.74) is 0.651. The fraction of sp³-hybridized carbons (Fsp3) is 0.769. The summed E-state index contributed by atoms with van der Waals surface area (Å²) in [6.07, 6.45) is 2.61. The average molecular weight is 464 g/mol. The van der Waals surface area contributed by atoms with E-state index in [9.17, 15) is 0 Å². The fourth-order valence-corrected chi connectivity index (χ4v) is 5.38. The zero-order valence-corrected chi connectivity index (χ0v) is 21.1. The lowest BCUT2D eigenvalue weighted by atomic mass is 9.77. The molecule has 1 atom stereocenters.